The zero-order valence-corrected chi connectivity index (χ0v) is 10.9. The molecule has 18 heavy (non-hydrogen) atoms. The maximum atomic E-state index is 11.9. The number of nitrogens with one attached hydrogen (secondary N) is 1. The molecule has 92 valence electrons. The SMILES string of the molecule is O=C1NC(=O)/C(=C2\CCS(=O)c3ccccc32)S1. The molecule has 0 spiro atoms. The van der Waals surface area contributed by atoms with Gasteiger partial charge in [-0.2, -0.15) is 0 Å². The van der Waals surface area contributed by atoms with Crippen molar-refractivity contribution in [2.75, 3.05) is 5.75 Å². The lowest BCUT2D eigenvalue weighted by Crippen LogP contribution is -2.19. The number of carbonyl (C=O) groups is 2. The van der Waals surface area contributed by atoms with Gasteiger partial charge >= 0.3 is 0 Å². The van der Waals surface area contributed by atoms with Crippen LogP contribution in [0, 0.1) is 0 Å². The van der Waals surface area contributed by atoms with Crippen LogP contribution in [0.1, 0.15) is 12.0 Å². The third-order valence-electron chi connectivity index (χ3n) is 2.89. The summed E-state index contributed by atoms with van der Waals surface area (Å²) in [5.41, 5.74) is 1.66. The Balaban J connectivity index is 2.19. The minimum atomic E-state index is -1.02. The molecule has 0 radical (unpaired) electrons. The van der Waals surface area contributed by atoms with Crippen molar-refractivity contribution < 1.29 is 13.8 Å². The van der Waals surface area contributed by atoms with Crippen LogP contribution < -0.4 is 5.32 Å². The number of fused-ring (bicyclic) bond motifs is 1. The molecule has 0 aliphatic carbocycles. The lowest BCUT2D eigenvalue weighted by Gasteiger charge is -2.19. The van der Waals surface area contributed by atoms with Gasteiger partial charge in [-0.3, -0.25) is 19.1 Å². The average molecular weight is 279 g/mol. The lowest BCUT2D eigenvalue weighted by atomic mass is 10.0. The maximum absolute atomic E-state index is 11.9. The van der Waals surface area contributed by atoms with Gasteiger partial charge in [-0.15, -0.1) is 0 Å². The summed E-state index contributed by atoms with van der Waals surface area (Å²) >= 11 is 0.926. The number of amides is 2. The number of thioether (sulfide) groups is 1. The summed E-state index contributed by atoms with van der Waals surface area (Å²) < 4.78 is 11.9. The van der Waals surface area contributed by atoms with Crippen LogP contribution >= 0.6 is 11.8 Å². The Bertz CT molecular complexity index is 622. The molecule has 1 unspecified atom stereocenters. The van der Waals surface area contributed by atoms with Gasteiger partial charge in [-0.05, 0) is 35.4 Å². The second kappa shape index (κ2) is 4.37. The summed E-state index contributed by atoms with van der Waals surface area (Å²) in [5.74, 6) is 0.153. The molecule has 1 aromatic rings. The fourth-order valence-electron chi connectivity index (χ4n) is 2.10. The number of carbonyl (C=O) groups excluding carboxylic acids is 2. The molecule has 3 rings (SSSR count). The monoisotopic (exact) mass is 279 g/mol. The van der Waals surface area contributed by atoms with Crippen LogP contribution in [-0.2, 0) is 15.6 Å². The molecule has 0 bridgehead atoms. The Morgan fingerprint density at radius 3 is 2.72 bits per heavy atom. The molecule has 2 aliphatic heterocycles. The van der Waals surface area contributed by atoms with Crippen molar-refractivity contribution in [3.05, 3.63) is 34.7 Å². The number of allylic oxidation sites excluding steroid dienone is 1. The number of benzene rings is 1. The van der Waals surface area contributed by atoms with Crippen LogP contribution in [-0.4, -0.2) is 21.1 Å². The Labute approximate surface area is 110 Å². The van der Waals surface area contributed by atoms with Gasteiger partial charge in [0.25, 0.3) is 11.1 Å². The molecule has 6 heteroatoms. The smallest absolute Gasteiger partial charge is 0.282 e. The predicted molar refractivity (Wildman–Crippen MR) is 70.4 cm³/mol. The minimum absolute atomic E-state index is 0.341. The normalized spacial score (nSPS) is 27.0. The van der Waals surface area contributed by atoms with Gasteiger partial charge in [-0.1, -0.05) is 18.2 Å². The van der Waals surface area contributed by atoms with Crippen LogP contribution in [0.4, 0.5) is 4.79 Å². The highest BCUT2D eigenvalue weighted by Gasteiger charge is 2.31. The Hall–Kier alpha value is -1.40. The van der Waals surface area contributed by atoms with E-state index in [0.29, 0.717) is 17.1 Å². The van der Waals surface area contributed by atoms with Crippen molar-refractivity contribution in [2.24, 2.45) is 0 Å². The van der Waals surface area contributed by atoms with Gasteiger partial charge in [0.2, 0.25) is 0 Å². The van der Waals surface area contributed by atoms with Crippen LogP contribution in [0.3, 0.4) is 0 Å². The largest absolute Gasteiger partial charge is 0.290 e. The second-order valence-corrected chi connectivity index (χ2v) is 6.47. The first kappa shape index (κ1) is 11.7. The van der Waals surface area contributed by atoms with E-state index in [4.69, 9.17) is 0 Å². The zero-order valence-electron chi connectivity index (χ0n) is 9.26. The average Bonchev–Trinajstić information content (AvgIpc) is 2.69. The molecule has 0 saturated carbocycles. The Kier molecular flexibility index (Phi) is 2.83. The molecule has 1 N–H and O–H groups in total. The number of rotatable bonds is 0. The van der Waals surface area contributed by atoms with Crippen LogP contribution in [0.15, 0.2) is 34.1 Å². The second-order valence-electron chi connectivity index (χ2n) is 3.95. The van der Waals surface area contributed by atoms with Gasteiger partial charge in [0.15, 0.2) is 0 Å². The fourth-order valence-corrected chi connectivity index (χ4v) is 4.19. The van der Waals surface area contributed by atoms with E-state index in [2.05, 4.69) is 5.32 Å². The highest BCUT2D eigenvalue weighted by Crippen LogP contribution is 2.38. The summed E-state index contributed by atoms with van der Waals surface area (Å²) in [5, 5.41) is 1.92. The van der Waals surface area contributed by atoms with E-state index in [1.165, 1.54) is 0 Å². The molecule has 1 atom stereocenters. The molecule has 1 saturated heterocycles. The third kappa shape index (κ3) is 1.81. The van der Waals surface area contributed by atoms with E-state index in [9.17, 15) is 13.8 Å². The summed E-state index contributed by atoms with van der Waals surface area (Å²) in [6, 6.07) is 7.34. The first-order valence-electron chi connectivity index (χ1n) is 5.41. The van der Waals surface area contributed by atoms with E-state index >= 15 is 0 Å². The van der Waals surface area contributed by atoms with Crippen LogP contribution in [0.5, 0.6) is 0 Å². The van der Waals surface area contributed by atoms with Gasteiger partial charge in [-0.25, -0.2) is 0 Å². The topological polar surface area (TPSA) is 63.2 Å². The van der Waals surface area contributed by atoms with E-state index < -0.39 is 10.8 Å². The first-order valence-corrected chi connectivity index (χ1v) is 7.54. The standard InChI is InChI=1S/C12H9NO3S2/c14-11-10(17-12(15)13-11)8-5-6-18(16)9-4-2-1-3-7(8)9/h1-4H,5-6H2,(H,13,14,15)/b10-8-. The zero-order chi connectivity index (χ0) is 12.7. The highest BCUT2D eigenvalue weighted by atomic mass is 32.2. The Morgan fingerprint density at radius 2 is 2.00 bits per heavy atom. The van der Waals surface area contributed by atoms with Gasteiger partial charge < -0.3 is 0 Å². The summed E-state index contributed by atoms with van der Waals surface area (Å²) in [6.07, 6.45) is 0.562. The molecule has 2 heterocycles. The molecule has 1 aromatic carbocycles. The lowest BCUT2D eigenvalue weighted by molar-refractivity contribution is -0.115. The molecule has 2 amide bonds. The highest BCUT2D eigenvalue weighted by molar-refractivity contribution is 8.18. The molecular weight excluding hydrogens is 270 g/mol. The molecule has 2 aliphatic rings. The van der Waals surface area contributed by atoms with E-state index in [1.807, 2.05) is 24.3 Å². The van der Waals surface area contributed by atoms with E-state index in [0.717, 1.165) is 27.8 Å². The Morgan fingerprint density at radius 1 is 1.22 bits per heavy atom. The van der Waals surface area contributed by atoms with Crippen LogP contribution in [0.2, 0.25) is 0 Å². The predicted octanol–water partition coefficient (Wildman–Crippen LogP) is 1.89. The van der Waals surface area contributed by atoms with E-state index in [-0.39, 0.29) is 11.1 Å². The summed E-state index contributed by atoms with van der Waals surface area (Å²) in [4.78, 5) is 24.1. The molecule has 0 aromatic heterocycles. The summed E-state index contributed by atoms with van der Waals surface area (Å²) in [6.45, 7) is 0. The third-order valence-corrected chi connectivity index (χ3v) is 5.23. The number of hydrogen-bond donors (Lipinski definition) is 1. The van der Waals surface area contributed by atoms with Crippen molar-refractivity contribution in [1.29, 1.82) is 0 Å². The first-order chi connectivity index (χ1) is 8.66. The van der Waals surface area contributed by atoms with Crippen molar-refractivity contribution in [2.45, 2.75) is 11.3 Å². The summed E-state index contributed by atoms with van der Waals surface area (Å²) in [7, 11) is -1.02. The van der Waals surface area contributed by atoms with Crippen molar-refractivity contribution >= 4 is 39.3 Å². The minimum Gasteiger partial charge on any atom is -0.282 e. The van der Waals surface area contributed by atoms with Crippen molar-refractivity contribution in [3.8, 4) is 0 Å². The van der Waals surface area contributed by atoms with Crippen molar-refractivity contribution in [1.82, 2.24) is 5.32 Å². The van der Waals surface area contributed by atoms with E-state index in [1.54, 1.807) is 0 Å². The van der Waals surface area contributed by atoms with Gasteiger partial charge in [0, 0.05) is 10.6 Å². The molecular formula is C12H9NO3S2. The van der Waals surface area contributed by atoms with Gasteiger partial charge in [0.05, 0.1) is 15.7 Å². The number of imide groups is 1. The van der Waals surface area contributed by atoms with Crippen LogP contribution in [0.25, 0.3) is 5.57 Å². The molecule has 4 nitrogen and oxygen atoms in total. The molecule has 1 fully saturated rings. The number of hydrogen-bond acceptors (Lipinski definition) is 4. The van der Waals surface area contributed by atoms with Gasteiger partial charge in [0.1, 0.15) is 0 Å². The van der Waals surface area contributed by atoms with Crippen molar-refractivity contribution in [3.63, 3.8) is 0 Å². The maximum Gasteiger partial charge on any atom is 0.290 e. The fraction of sp³-hybridized carbons (Fsp3) is 0.167. The quantitative estimate of drug-likeness (QED) is 0.737.